The van der Waals surface area contributed by atoms with E-state index in [0.717, 1.165) is 69.8 Å². The van der Waals surface area contributed by atoms with Crippen molar-refractivity contribution in [1.82, 2.24) is 10.3 Å². The van der Waals surface area contributed by atoms with Crippen LogP contribution in [0, 0.1) is 0 Å². The van der Waals surface area contributed by atoms with E-state index in [0.29, 0.717) is 25.3 Å². The molecule has 1 aromatic heterocycles. The molecule has 1 spiro atoms. The van der Waals surface area contributed by atoms with E-state index in [1.807, 2.05) is 48.5 Å². The number of carbonyl (C=O) groups excluding carboxylic acids is 1. The zero-order chi connectivity index (χ0) is 29.4. The van der Waals surface area contributed by atoms with E-state index < -0.39 is 16.9 Å². The van der Waals surface area contributed by atoms with Gasteiger partial charge in [-0.25, -0.2) is 0 Å². The summed E-state index contributed by atoms with van der Waals surface area (Å²) in [6.07, 6.45) is 7.00. The summed E-state index contributed by atoms with van der Waals surface area (Å²) in [5, 5.41) is 17.3. The van der Waals surface area contributed by atoms with Gasteiger partial charge in [-0.15, -0.1) is 0 Å². The van der Waals surface area contributed by atoms with E-state index in [4.69, 9.17) is 4.74 Å². The summed E-state index contributed by atoms with van der Waals surface area (Å²) in [4.78, 5) is 16.8. The number of ketones is 1. The van der Waals surface area contributed by atoms with Crippen molar-refractivity contribution in [2.24, 2.45) is 0 Å². The number of nitrogens with one attached hydrogen (secondary N) is 2. The minimum Gasteiger partial charge on any atom is -0.485 e. The van der Waals surface area contributed by atoms with Gasteiger partial charge >= 0.3 is 0 Å². The van der Waals surface area contributed by atoms with Gasteiger partial charge in [0.1, 0.15) is 11.4 Å². The van der Waals surface area contributed by atoms with E-state index in [-0.39, 0.29) is 17.4 Å². The summed E-state index contributed by atoms with van der Waals surface area (Å²) < 4.78 is 19.7. The lowest BCUT2D eigenvalue weighted by Crippen LogP contribution is -2.36. The Morgan fingerprint density at radius 3 is 2.79 bits per heavy atom. The summed E-state index contributed by atoms with van der Waals surface area (Å²) in [5.74, 6) is 1.64. The number of Topliss-reactive ketones (excluding diaryl/α,β-unsaturated/α-hetero) is 1. The SMILES string of the molecule is O=C1CCc2cc(NCCS(=O)c3cccc(-c4ccc5c(c4)CCC4(CC4NC[C@H](O)c4cccnc4)O5)c3)ccc21. The fourth-order valence-corrected chi connectivity index (χ4v) is 7.35. The number of hydrogen-bond acceptors (Lipinski definition) is 7. The van der Waals surface area contributed by atoms with Crippen molar-refractivity contribution < 1.29 is 18.8 Å². The Kier molecular flexibility index (Phi) is 7.59. The average molecular weight is 594 g/mol. The van der Waals surface area contributed by atoms with Crippen LogP contribution in [0.3, 0.4) is 0 Å². The third-order valence-corrected chi connectivity index (χ3v) is 10.3. The highest BCUT2D eigenvalue weighted by Crippen LogP contribution is 2.49. The summed E-state index contributed by atoms with van der Waals surface area (Å²) in [7, 11) is -1.14. The molecule has 3 aromatic carbocycles. The second-order valence-corrected chi connectivity index (χ2v) is 13.3. The van der Waals surface area contributed by atoms with E-state index in [1.165, 1.54) is 5.56 Å². The Balaban J connectivity index is 0.945. The third-order valence-electron chi connectivity index (χ3n) is 8.92. The molecular weight excluding hydrogens is 558 g/mol. The Morgan fingerprint density at radius 1 is 1.00 bits per heavy atom. The van der Waals surface area contributed by atoms with Gasteiger partial charge in [-0.1, -0.05) is 24.3 Å². The number of pyridine rings is 1. The second kappa shape index (κ2) is 11.7. The lowest BCUT2D eigenvalue weighted by molar-refractivity contribution is 0.0994. The lowest BCUT2D eigenvalue weighted by Gasteiger charge is -2.28. The number of aromatic nitrogens is 1. The molecular formula is C35H35N3O4S. The third kappa shape index (κ3) is 5.87. The molecule has 220 valence electrons. The van der Waals surface area contributed by atoms with Crippen LogP contribution in [0.15, 0.2) is 90.1 Å². The molecule has 1 saturated carbocycles. The zero-order valence-electron chi connectivity index (χ0n) is 23.9. The molecule has 1 fully saturated rings. The molecule has 0 radical (unpaired) electrons. The van der Waals surface area contributed by atoms with Gasteiger partial charge in [0.2, 0.25) is 0 Å². The standard InChI is InChI=1S/C35H35N3O4S/c39-31-10-6-25-18-28(8-9-30(25)31)37-15-16-43(41)29-5-1-3-23(19-29)24-7-11-33-26(17-24)12-13-35(42-33)20-34(35)38-22-32(40)27-4-2-14-36-21-27/h1-5,7-9,11,14,17-19,21,32,34,37-38,40H,6,10,12-13,15-16,20,22H2/t32-,34?,35?,43?/m0/s1. The van der Waals surface area contributed by atoms with Crippen LogP contribution in [-0.2, 0) is 23.6 Å². The number of ether oxygens (including phenoxy) is 1. The highest BCUT2D eigenvalue weighted by Gasteiger charge is 2.58. The summed E-state index contributed by atoms with van der Waals surface area (Å²) >= 11 is 0. The van der Waals surface area contributed by atoms with E-state index in [9.17, 15) is 14.1 Å². The maximum absolute atomic E-state index is 13.1. The van der Waals surface area contributed by atoms with Gasteiger partial charge in [-0.05, 0) is 90.0 Å². The van der Waals surface area contributed by atoms with Gasteiger partial charge in [0.25, 0.3) is 0 Å². The van der Waals surface area contributed by atoms with Crippen LogP contribution in [0.2, 0.25) is 0 Å². The normalized spacial score (nSPS) is 21.5. The minimum atomic E-state index is -1.14. The second-order valence-electron chi connectivity index (χ2n) is 11.8. The van der Waals surface area contributed by atoms with Crippen molar-refractivity contribution in [2.75, 3.05) is 24.2 Å². The average Bonchev–Trinajstić information content (AvgIpc) is 3.58. The first-order valence-electron chi connectivity index (χ1n) is 15.0. The molecule has 8 heteroatoms. The zero-order valence-corrected chi connectivity index (χ0v) is 24.7. The van der Waals surface area contributed by atoms with Crippen molar-refractivity contribution in [1.29, 1.82) is 0 Å². The Labute approximate surface area is 254 Å². The number of aliphatic hydroxyl groups excluding tert-OH is 1. The monoisotopic (exact) mass is 593 g/mol. The van der Waals surface area contributed by atoms with E-state index >= 15 is 0 Å². The molecule has 43 heavy (non-hydrogen) atoms. The molecule has 7 nitrogen and oxygen atoms in total. The van der Waals surface area contributed by atoms with Crippen LogP contribution in [0.4, 0.5) is 5.69 Å². The first kappa shape index (κ1) is 28.0. The molecule has 0 bridgehead atoms. The molecule has 4 aromatic rings. The quantitative estimate of drug-likeness (QED) is 0.231. The topological polar surface area (TPSA) is 101 Å². The number of hydrogen-bond donors (Lipinski definition) is 3. The van der Waals surface area contributed by atoms with Gasteiger partial charge in [-0.2, -0.15) is 0 Å². The van der Waals surface area contributed by atoms with Gasteiger partial charge < -0.3 is 20.5 Å². The number of rotatable bonds is 10. The van der Waals surface area contributed by atoms with Crippen molar-refractivity contribution in [3.63, 3.8) is 0 Å². The minimum absolute atomic E-state index is 0.203. The van der Waals surface area contributed by atoms with Crippen LogP contribution >= 0.6 is 0 Å². The van der Waals surface area contributed by atoms with Crippen LogP contribution in [0.5, 0.6) is 5.75 Å². The van der Waals surface area contributed by atoms with Crippen LogP contribution in [-0.4, -0.2) is 50.6 Å². The fourth-order valence-electron chi connectivity index (χ4n) is 6.34. The number of fused-ring (bicyclic) bond motifs is 2. The van der Waals surface area contributed by atoms with Crippen molar-refractivity contribution in [3.8, 4) is 16.9 Å². The first-order chi connectivity index (χ1) is 21.0. The molecule has 0 saturated heterocycles. The maximum atomic E-state index is 13.1. The smallest absolute Gasteiger partial charge is 0.163 e. The number of aryl methyl sites for hydroxylation is 2. The number of carbonyl (C=O) groups is 1. The molecule has 2 heterocycles. The van der Waals surface area contributed by atoms with Crippen LogP contribution < -0.4 is 15.4 Å². The molecule has 7 rings (SSSR count). The highest BCUT2D eigenvalue weighted by molar-refractivity contribution is 7.85. The van der Waals surface area contributed by atoms with E-state index in [2.05, 4.69) is 39.9 Å². The Hall–Kier alpha value is -3.85. The van der Waals surface area contributed by atoms with Crippen molar-refractivity contribution >= 4 is 22.3 Å². The van der Waals surface area contributed by atoms with Crippen LogP contribution in [0.25, 0.3) is 11.1 Å². The summed E-state index contributed by atoms with van der Waals surface area (Å²) in [6, 6.07) is 24.1. The molecule has 3 aliphatic rings. The molecule has 0 amide bonds. The molecule has 3 unspecified atom stereocenters. The fraction of sp³-hybridized carbons (Fsp3) is 0.314. The van der Waals surface area contributed by atoms with Crippen molar-refractivity contribution in [3.05, 3.63) is 107 Å². The molecule has 1 aliphatic heterocycles. The van der Waals surface area contributed by atoms with Gasteiger partial charge in [0.05, 0.1) is 22.9 Å². The molecule has 3 N–H and O–H groups in total. The van der Waals surface area contributed by atoms with E-state index in [1.54, 1.807) is 12.4 Å². The maximum Gasteiger partial charge on any atom is 0.163 e. The first-order valence-corrected chi connectivity index (χ1v) is 16.3. The predicted octanol–water partition coefficient (Wildman–Crippen LogP) is 5.26. The number of nitrogens with zero attached hydrogens (tertiary/aromatic N) is 1. The summed E-state index contributed by atoms with van der Waals surface area (Å²) in [6.45, 7) is 1.05. The number of benzene rings is 3. The number of anilines is 1. The lowest BCUT2D eigenvalue weighted by atomic mass is 9.96. The Bertz CT molecular complexity index is 1690. The van der Waals surface area contributed by atoms with Gasteiger partial charge in [0, 0.05) is 65.8 Å². The largest absolute Gasteiger partial charge is 0.485 e. The van der Waals surface area contributed by atoms with Gasteiger partial charge in [-0.3, -0.25) is 14.0 Å². The van der Waals surface area contributed by atoms with Crippen LogP contribution in [0.1, 0.15) is 52.4 Å². The number of aliphatic hydroxyl groups is 1. The van der Waals surface area contributed by atoms with Gasteiger partial charge in [0.15, 0.2) is 5.78 Å². The molecule has 4 atom stereocenters. The molecule has 2 aliphatic carbocycles. The predicted molar refractivity (Wildman–Crippen MR) is 168 cm³/mol. The summed E-state index contributed by atoms with van der Waals surface area (Å²) in [5.41, 5.74) is 6.83. The highest BCUT2D eigenvalue weighted by atomic mass is 32.2. The Morgan fingerprint density at radius 2 is 1.91 bits per heavy atom. The van der Waals surface area contributed by atoms with Crippen molar-refractivity contribution in [2.45, 2.75) is 54.7 Å².